The molecule has 0 aliphatic carbocycles. The topological polar surface area (TPSA) is 98.3 Å². The summed E-state index contributed by atoms with van der Waals surface area (Å²) < 4.78 is 2.28. The van der Waals surface area contributed by atoms with Gasteiger partial charge < -0.3 is 14.6 Å². The fourth-order valence-electron chi connectivity index (χ4n) is 4.91. The molecule has 2 aliphatic heterocycles. The number of nitriles is 1. The van der Waals surface area contributed by atoms with Crippen LogP contribution in [0.5, 0.6) is 0 Å². The van der Waals surface area contributed by atoms with Crippen molar-refractivity contribution in [3.8, 4) is 6.07 Å². The van der Waals surface area contributed by atoms with Gasteiger partial charge in [-0.2, -0.15) is 5.26 Å². The minimum atomic E-state index is -0.891. The zero-order valence-corrected chi connectivity index (χ0v) is 18.0. The van der Waals surface area contributed by atoms with Crippen LogP contribution in [0, 0.1) is 11.3 Å². The lowest BCUT2D eigenvalue weighted by atomic mass is 10.1. The molecule has 0 saturated carbocycles. The summed E-state index contributed by atoms with van der Waals surface area (Å²) in [6.07, 6.45) is 5.66. The van der Waals surface area contributed by atoms with Crippen molar-refractivity contribution in [3.05, 3.63) is 53.0 Å². The summed E-state index contributed by atoms with van der Waals surface area (Å²) in [4.78, 5) is 24.9. The van der Waals surface area contributed by atoms with Gasteiger partial charge in [-0.05, 0) is 43.4 Å². The number of fused-ring (bicyclic) bond motifs is 3. The Morgan fingerprint density at radius 3 is 2.56 bits per heavy atom. The second-order valence-electron chi connectivity index (χ2n) is 8.52. The van der Waals surface area contributed by atoms with Crippen LogP contribution in [0.2, 0.25) is 0 Å². The van der Waals surface area contributed by atoms with Gasteiger partial charge in [-0.15, -0.1) is 0 Å². The van der Waals surface area contributed by atoms with Gasteiger partial charge >= 0.3 is 5.97 Å². The molecule has 32 heavy (non-hydrogen) atoms. The van der Waals surface area contributed by atoms with Crippen molar-refractivity contribution >= 4 is 22.8 Å². The zero-order chi connectivity index (χ0) is 22.1. The van der Waals surface area contributed by atoms with Crippen LogP contribution < -0.4 is 4.90 Å². The third-order valence-corrected chi connectivity index (χ3v) is 6.67. The van der Waals surface area contributed by atoms with Gasteiger partial charge in [0.05, 0.1) is 11.1 Å². The second-order valence-corrected chi connectivity index (χ2v) is 8.52. The van der Waals surface area contributed by atoms with E-state index in [1.165, 1.54) is 0 Å². The molecule has 2 aromatic heterocycles. The minimum absolute atomic E-state index is 0.325. The smallest absolute Gasteiger partial charge is 0.335 e. The highest BCUT2D eigenvalue weighted by Gasteiger charge is 2.27. The number of benzene rings is 1. The summed E-state index contributed by atoms with van der Waals surface area (Å²) in [6, 6.07) is 9.53. The summed E-state index contributed by atoms with van der Waals surface area (Å²) in [5, 5.41) is 18.8. The summed E-state index contributed by atoms with van der Waals surface area (Å²) in [6.45, 7) is 5.51. The number of aryl methyl sites for hydroxylation is 1. The molecule has 1 fully saturated rings. The van der Waals surface area contributed by atoms with Crippen LogP contribution in [0.25, 0.3) is 11.0 Å². The number of nitrogens with zero attached hydrogens (tertiary/aromatic N) is 6. The third-order valence-electron chi connectivity index (χ3n) is 6.67. The van der Waals surface area contributed by atoms with Gasteiger partial charge in [0.1, 0.15) is 23.4 Å². The molecule has 0 unspecified atom stereocenters. The highest BCUT2D eigenvalue weighted by Crippen LogP contribution is 2.34. The summed E-state index contributed by atoms with van der Waals surface area (Å²) in [5.74, 6) is 0.0567. The van der Waals surface area contributed by atoms with Gasteiger partial charge in [-0.25, -0.2) is 14.8 Å². The van der Waals surface area contributed by atoms with Crippen LogP contribution in [0.3, 0.4) is 0 Å². The highest BCUT2D eigenvalue weighted by atomic mass is 16.4. The molecule has 0 spiro atoms. The lowest BCUT2D eigenvalue weighted by Crippen LogP contribution is -2.47. The Morgan fingerprint density at radius 2 is 1.84 bits per heavy atom. The van der Waals surface area contributed by atoms with Crippen LogP contribution in [-0.2, 0) is 19.4 Å². The number of piperazine rings is 1. The van der Waals surface area contributed by atoms with Gasteiger partial charge in [0.2, 0.25) is 0 Å². The monoisotopic (exact) mass is 430 g/mol. The van der Waals surface area contributed by atoms with Crippen LogP contribution >= 0.6 is 0 Å². The van der Waals surface area contributed by atoms with E-state index in [0.29, 0.717) is 5.56 Å². The van der Waals surface area contributed by atoms with Crippen molar-refractivity contribution in [2.45, 2.75) is 32.2 Å². The third kappa shape index (κ3) is 3.69. The predicted octanol–water partition coefficient (Wildman–Crippen LogP) is 2.70. The minimum Gasteiger partial charge on any atom is -0.478 e. The largest absolute Gasteiger partial charge is 0.478 e. The number of anilines is 1. The van der Waals surface area contributed by atoms with E-state index >= 15 is 0 Å². The van der Waals surface area contributed by atoms with E-state index in [1.54, 1.807) is 18.5 Å². The van der Waals surface area contributed by atoms with Gasteiger partial charge in [0.25, 0.3) is 0 Å². The first-order valence-corrected chi connectivity index (χ1v) is 11.2. The maximum Gasteiger partial charge on any atom is 0.335 e. The molecular weight excluding hydrogens is 404 g/mol. The van der Waals surface area contributed by atoms with Crippen LogP contribution in [-0.4, -0.2) is 63.2 Å². The van der Waals surface area contributed by atoms with Gasteiger partial charge in [0.15, 0.2) is 5.82 Å². The van der Waals surface area contributed by atoms with Gasteiger partial charge in [0, 0.05) is 45.0 Å². The molecule has 1 aromatic carbocycles. The van der Waals surface area contributed by atoms with Crippen molar-refractivity contribution in [1.82, 2.24) is 19.4 Å². The number of aromatic carboxylic acids is 1. The van der Waals surface area contributed by atoms with Crippen molar-refractivity contribution in [2.75, 3.05) is 37.6 Å². The Bertz CT molecular complexity index is 1190. The number of hydrogen-bond acceptors (Lipinski definition) is 6. The highest BCUT2D eigenvalue weighted by molar-refractivity contribution is 5.92. The Labute approximate surface area is 186 Å². The van der Waals surface area contributed by atoms with Crippen molar-refractivity contribution < 1.29 is 9.90 Å². The quantitative estimate of drug-likeness (QED) is 0.664. The Balaban J connectivity index is 1.28. The fraction of sp³-hybridized carbons (Fsp3) is 0.417. The fourth-order valence-corrected chi connectivity index (χ4v) is 4.91. The van der Waals surface area contributed by atoms with Gasteiger partial charge in [-0.1, -0.05) is 12.1 Å². The van der Waals surface area contributed by atoms with Crippen LogP contribution in [0.15, 0.2) is 30.6 Å². The molecular formula is C24H26N6O2. The first-order valence-electron chi connectivity index (χ1n) is 11.2. The molecule has 5 rings (SSSR count). The number of carboxylic acids is 1. The number of carbonyl (C=O) groups is 1. The molecule has 0 bridgehead atoms. The molecule has 2 aliphatic rings. The SMILES string of the molecule is N#Cc1c2n(c3c(N4CCN(CCc5ccc(C(=O)O)cc5)CC4)ncnc13)CCCC2. The standard InChI is InChI=1S/C24H26N6O2/c25-15-19-20-3-1-2-9-30(20)22-21(19)26-16-27-23(22)29-13-11-28(12-14-29)10-8-17-4-6-18(7-5-17)24(31)32/h4-7,16H,1-3,8-14H2,(H,31,32). The lowest BCUT2D eigenvalue weighted by molar-refractivity contribution is 0.0697. The molecule has 1 N–H and O–H groups in total. The normalized spacial score (nSPS) is 16.7. The maximum absolute atomic E-state index is 11.0. The number of carboxylic acid groups (broad SMARTS) is 1. The number of aromatic nitrogens is 3. The first kappa shape index (κ1) is 20.5. The number of rotatable bonds is 5. The molecule has 164 valence electrons. The van der Waals surface area contributed by atoms with Gasteiger partial charge in [-0.3, -0.25) is 4.90 Å². The summed E-state index contributed by atoms with van der Waals surface area (Å²) >= 11 is 0. The van der Waals surface area contributed by atoms with E-state index < -0.39 is 5.97 Å². The molecule has 1 saturated heterocycles. The molecule has 0 atom stereocenters. The van der Waals surface area contributed by atoms with E-state index in [9.17, 15) is 10.1 Å². The van der Waals surface area contributed by atoms with Crippen molar-refractivity contribution in [1.29, 1.82) is 5.26 Å². The summed E-state index contributed by atoms with van der Waals surface area (Å²) in [7, 11) is 0. The van der Waals surface area contributed by atoms with Crippen molar-refractivity contribution in [2.24, 2.45) is 0 Å². The molecule has 4 heterocycles. The first-order chi connectivity index (χ1) is 15.7. The van der Waals surface area contributed by atoms with E-state index in [4.69, 9.17) is 5.11 Å². The average Bonchev–Trinajstić information content (AvgIpc) is 3.17. The number of hydrogen-bond donors (Lipinski definition) is 1. The molecule has 3 aromatic rings. The van der Waals surface area contributed by atoms with E-state index in [0.717, 1.165) is 98.6 Å². The molecule has 8 nitrogen and oxygen atoms in total. The lowest BCUT2D eigenvalue weighted by Gasteiger charge is -2.35. The molecule has 0 amide bonds. The average molecular weight is 431 g/mol. The van der Waals surface area contributed by atoms with Crippen molar-refractivity contribution in [3.63, 3.8) is 0 Å². The van der Waals surface area contributed by atoms with Crippen LogP contribution in [0.1, 0.15) is 40.0 Å². The summed E-state index contributed by atoms with van der Waals surface area (Å²) in [5.41, 5.74) is 5.12. The van der Waals surface area contributed by atoms with Crippen LogP contribution in [0.4, 0.5) is 5.82 Å². The van der Waals surface area contributed by atoms with E-state index in [1.807, 2.05) is 12.1 Å². The maximum atomic E-state index is 11.0. The Hall–Kier alpha value is -3.44. The van der Waals surface area contributed by atoms with E-state index in [-0.39, 0.29) is 0 Å². The predicted molar refractivity (Wildman–Crippen MR) is 121 cm³/mol. The Morgan fingerprint density at radius 1 is 1.06 bits per heavy atom. The Kier molecular flexibility index (Phi) is 5.50. The molecule has 8 heteroatoms. The zero-order valence-electron chi connectivity index (χ0n) is 18.0. The second kappa shape index (κ2) is 8.60. The molecule has 0 radical (unpaired) electrons. The van der Waals surface area contributed by atoms with E-state index in [2.05, 4.69) is 30.4 Å².